The maximum atomic E-state index is 5.95. The molecule has 0 aromatic carbocycles. The molecule has 2 rings (SSSR count). The highest BCUT2D eigenvalue weighted by Gasteiger charge is 2.18. The zero-order valence-corrected chi connectivity index (χ0v) is 12.9. The summed E-state index contributed by atoms with van der Waals surface area (Å²) >= 11 is 7.63. The number of hydrogen-bond donors (Lipinski definition) is 1. The summed E-state index contributed by atoms with van der Waals surface area (Å²) in [5, 5.41) is 3.68. The fourth-order valence-corrected chi connectivity index (χ4v) is 3.57. The Hall–Kier alpha value is -0.0900. The third-order valence-corrected chi connectivity index (χ3v) is 4.92. The Balaban J connectivity index is 1.77. The number of likely N-dealkylation sites (tertiary alicyclic amines) is 1. The summed E-state index contributed by atoms with van der Waals surface area (Å²) in [5.74, 6) is 0. The Labute approximate surface area is 119 Å². The van der Waals surface area contributed by atoms with Crippen LogP contribution in [0.3, 0.4) is 0 Å². The lowest BCUT2D eigenvalue weighted by Crippen LogP contribution is -2.33. The van der Waals surface area contributed by atoms with Crippen LogP contribution < -0.4 is 5.32 Å². The van der Waals surface area contributed by atoms with Crippen LogP contribution in [-0.2, 0) is 6.54 Å². The molecule has 2 heterocycles. The lowest BCUT2D eigenvalue weighted by molar-refractivity contribution is 0.229. The topological polar surface area (TPSA) is 15.3 Å². The van der Waals surface area contributed by atoms with E-state index in [4.69, 9.17) is 11.6 Å². The van der Waals surface area contributed by atoms with Crippen molar-refractivity contribution in [2.75, 3.05) is 13.1 Å². The van der Waals surface area contributed by atoms with E-state index in [-0.39, 0.29) is 0 Å². The lowest BCUT2D eigenvalue weighted by Gasteiger charge is -2.24. The van der Waals surface area contributed by atoms with E-state index < -0.39 is 0 Å². The van der Waals surface area contributed by atoms with E-state index >= 15 is 0 Å². The average molecular weight is 287 g/mol. The highest BCUT2D eigenvalue weighted by Crippen LogP contribution is 2.22. The first kappa shape index (κ1) is 14.3. The van der Waals surface area contributed by atoms with Crippen molar-refractivity contribution in [1.29, 1.82) is 0 Å². The van der Waals surface area contributed by atoms with Gasteiger partial charge in [-0.1, -0.05) is 11.6 Å². The molecule has 102 valence electrons. The zero-order chi connectivity index (χ0) is 13.0. The highest BCUT2D eigenvalue weighted by atomic mass is 35.5. The van der Waals surface area contributed by atoms with E-state index in [9.17, 15) is 0 Å². The molecule has 1 fully saturated rings. The van der Waals surface area contributed by atoms with Gasteiger partial charge in [0, 0.05) is 23.5 Å². The molecule has 2 nitrogen and oxygen atoms in total. The van der Waals surface area contributed by atoms with Crippen molar-refractivity contribution in [2.45, 2.75) is 51.7 Å². The Morgan fingerprint density at radius 1 is 1.39 bits per heavy atom. The molecule has 1 aliphatic heterocycles. The van der Waals surface area contributed by atoms with Crippen molar-refractivity contribution in [3.8, 4) is 0 Å². The molecule has 1 N–H and O–H groups in total. The maximum Gasteiger partial charge on any atom is 0.0931 e. The van der Waals surface area contributed by atoms with Gasteiger partial charge in [0.15, 0.2) is 0 Å². The van der Waals surface area contributed by atoms with Crippen LogP contribution in [0.4, 0.5) is 0 Å². The van der Waals surface area contributed by atoms with Crippen molar-refractivity contribution in [3.63, 3.8) is 0 Å². The Morgan fingerprint density at radius 3 is 2.89 bits per heavy atom. The normalized spacial score (nSPS) is 22.3. The van der Waals surface area contributed by atoms with Crippen molar-refractivity contribution in [2.24, 2.45) is 0 Å². The number of nitrogens with one attached hydrogen (secondary N) is 1. The number of thiophene rings is 1. The third-order valence-electron chi connectivity index (χ3n) is 3.69. The SMILES string of the molecule is CC(C)N1CCCC(NCc2ccc(Cl)s2)CC1. The van der Waals surface area contributed by atoms with Crippen LogP contribution in [0.2, 0.25) is 4.34 Å². The van der Waals surface area contributed by atoms with Crippen molar-refractivity contribution in [3.05, 3.63) is 21.3 Å². The highest BCUT2D eigenvalue weighted by molar-refractivity contribution is 7.16. The smallest absolute Gasteiger partial charge is 0.0931 e. The number of hydrogen-bond acceptors (Lipinski definition) is 3. The predicted molar refractivity (Wildman–Crippen MR) is 80.5 cm³/mol. The molecule has 0 saturated carbocycles. The molecule has 0 radical (unpaired) electrons. The van der Waals surface area contributed by atoms with E-state index in [2.05, 4.69) is 30.1 Å². The molecule has 1 aromatic heterocycles. The number of halogens is 1. The van der Waals surface area contributed by atoms with Gasteiger partial charge in [-0.25, -0.2) is 0 Å². The van der Waals surface area contributed by atoms with Gasteiger partial charge in [-0.05, 0) is 58.3 Å². The van der Waals surface area contributed by atoms with Gasteiger partial charge in [0.1, 0.15) is 0 Å². The largest absolute Gasteiger partial charge is 0.309 e. The summed E-state index contributed by atoms with van der Waals surface area (Å²) in [6.07, 6.45) is 3.86. The van der Waals surface area contributed by atoms with E-state index in [1.165, 1.54) is 37.2 Å². The Morgan fingerprint density at radius 2 is 2.22 bits per heavy atom. The van der Waals surface area contributed by atoms with E-state index in [1.807, 2.05) is 6.07 Å². The summed E-state index contributed by atoms with van der Waals surface area (Å²) < 4.78 is 0.888. The predicted octanol–water partition coefficient (Wildman–Crippen LogP) is 3.75. The summed E-state index contributed by atoms with van der Waals surface area (Å²) in [4.78, 5) is 3.92. The maximum absolute atomic E-state index is 5.95. The van der Waals surface area contributed by atoms with E-state index in [1.54, 1.807) is 11.3 Å². The first-order chi connectivity index (χ1) is 8.65. The molecule has 4 heteroatoms. The molecule has 1 aromatic rings. The lowest BCUT2D eigenvalue weighted by atomic mass is 10.1. The van der Waals surface area contributed by atoms with Crippen LogP contribution in [-0.4, -0.2) is 30.1 Å². The van der Waals surface area contributed by atoms with Gasteiger partial charge in [0.25, 0.3) is 0 Å². The van der Waals surface area contributed by atoms with Gasteiger partial charge in [-0.3, -0.25) is 0 Å². The quantitative estimate of drug-likeness (QED) is 0.907. The molecule has 18 heavy (non-hydrogen) atoms. The van der Waals surface area contributed by atoms with Crippen LogP contribution in [0.25, 0.3) is 0 Å². The Bertz CT molecular complexity index is 364. The summed E-state index contributed by atoms with van der Waals surface area (Å²) in [6, 6.07) is 5.45. The summed E-state index contributed by atoms with van der Waals surface area (Å²) in [6.45, 7) is 8.02. The van der Waals surface area contributed by atoms with E-state index in [0.717, 1.165) is 10.9 Å². The third kappa shape index (κ3) is 4.23. The fraction of sp³-hybridized carbons (Fsp3) is 0.714. The van der Waals surface area contributed by atoms with Crippen LogP contribution in [0.5, 0.6) is 0 Å². The summed E-state index contributed by atoms with van der Waals surface area (Å²) in [5.41, 5.74) is 0. The molecule has 0 aliphatic carbocycles. The van der Waals surface area contributed by atoms with Crippen LogP contribution in [0.15, 0.2) is 12.1 Å². The van der Waals surface area contributed by atoms with Gasteiger partial charge in [-0.2, -0.15) is 0 Å². The second-order valence-electron chi connectivity index (χ2n) is 5.34. The fourth-order valence-electron chi connectivity index (χ4n) is 2.53. The van der Waals surface area contributed by atoms with Crippen molar-refractivity contribution in [1.82, 2.24) is 10.2 Å². The molecule has 1 aliphatic rings. The Kier molecular flexibility index (Phi) is 5.49. The molecule has 0 spiro atoms. The first-order valence-corrected chi connectivity index (χ1v) is 8.06. The molecule has 0 amide bonds. The van der Waals surface area contributed by atoms with E-state index in [0.29, 0.717) is 12.1 Å². The van der Waals surface area contributed by atoms with Gasteiger partial charge in [-0.15, -0.1) is 11.3 Å². The molecule has 1 unspecified atom stereocenters. The number of nitrogens with zero attached hydrogens (tertiary/aromatic N) is 1. The van der Waals surface area contributed by atoms with Gasteiger partial charge in [0.05, 0.1) is 4.34 Å². The molecule has 1 saturated heterocycles. The van der Waals surface area contributed by atoms with Gasteiger partial charge < -0.3 is 10.2 Å². The van der Waals surface area contributed by atoms with Gasteiger partial charge >= 0.3 is 0 Å². The van der Waals surface area contributed by atoms with Crippen LogP contribution in [0.1, 0.15) is 38.0 Å². The first-order valence-electron chi connectivity index (χ1n) is 6.87. The molecular formula is C14H23ClN2S. The second kappa shape index (κ2) is 6.90. The average Bonchev–Trinajstić information content (AvgIpc) is 2.62. The molecular weight excluding hydrogens is 264 g/mol. The molecule has 0 bridgehead atoms. The van der Waals surface area contributed by atoms with Crippen LogP contribution >= 0.6 is 22.9 Å². The summed E-state index contributed by atoms with van der Waals surface area (Å²) in [7, 11) is 0. The van der Waals surface area contributed by atoms with Gasteiger partial charge in [0.2, 0.25) is 0 Å². The zero-order valence-electron chi connectivity index (χ0n) is 11.3. The minimum Gasteiger partial charge on any atom is -0.309 e. The second-order valence-corrected chi connectivity index (χ2v) is 7.14. The number of rotatable bonds is 4. The minimum atomic E-state index is 0.662. The van der Waals surface area contributed by atoms with Crippen LogP contribution in [0, 0.1) is 0 Å². The minimum absolute atomic E-state index is 0.662. The van der Waals surface area contributed by atoms with Crippen molar-refractivity contribution >= 4 is 22.9 Å². The molecule has 1 atom stereocenters. The standard InChI is InChI=1S/C14H23ClN2S/c1-11(2)17-8-3-4-12(7-9-17)16-10-13-5-6-14(15)18-13/h5-6,11-12,16H,3-4,7-10H2,1-2H3. The van der Waals surface area contributed by atoms with Crippen molar-refractivity contribution < 1.29 is 0 Å². The monoisotopic (exact) mass is 286 g/mol.